The van der Waals surface area contributed by atoms with Crippen LogP contribution in [0.5, 0.6) is 0 Å². The van der Waals surface area contributed by atoms with Crippen LogP contribution in [0.2, 0.25) is 0 Å². The molecule has 2 nitrogen and oxygen atoms in total. The van der Waals surface area contributed by atoms with E-state index in [1.54, 1.807) is 0 Å². The fraction of sp³-hybridized carbons (Fsp3) is 0.231. The topological polar surface area (TPSA) is 9.86 Å². The largest absolute Gasteiger partial charge is 0.309 e. The van der Waals surface area contributed by atoms with Gasteiger partial charge in [0.1, 0.15) is 0 Å². The first-order valence-electron chi connectivity index (χ1n) is 14.3. The standard InChI is InChI=1S/C38H36N2.CH4/c1-23-16-24(2)19-27(18-23)39-33-14-10-8-12-29(33)31-22-32-30-13-9-11-15-34(30)40(28-20-25(3)17-26(4)21-28)37(32)35(36(31)39)38(5,6)7;/h8-22H,1-7H3;1H4. The highest BCUT2D eigenvalue weighted by Crippen LogP contribution is 2.46. The third-order valence-corrected chi connectivity index (χ3v) is 8.27. The molecule has 0 fully saturated rings. The molecule has 2 aromatic heterocycles. The monoisotopic (exact) mass is 536 g/mol. The Hall–Kier alpha value is -4.30. The highest BCUT2D eigenvalue weighted by Gasteiger charge is 2.29. The summed E-state index contributed by atoms with van der Waals surface area (Å²) in [6.45, 7) is 15.9. The number of hydrogen-bond donors (Lipinski definition) is 0. The molecule has 5 aromatic carbocycles. The third kappa shape index (κ3) is 4.08. The maximum absolute atomic E-state index is 2.52. The number of rotatable bonds is 2. The van der Waals surface area contributed by atoms with E-state index in [0.29, 0.717) is 0 Å². The molecule has 0 amide bonds. The molecule has 7 rings (SSSR count). The predicted octanol–water partition coefficient (Wildman–Crippen LogP) is 11.0. The Morgan fingerprint density at radius 1 is 0.463 bits per heavy atom. The molecule has 0 N–H and O–H groups in total. The zero-order valence-electron chi connectivity index (χ0n) is 24.6. The molecule has 7 aromatic rings. The number of aryl methyl sites for hydroxylation is 4. The molecule has 0 atom stereocenters. The van der Waals surface area contributed by atoms with Crippen molar-refractivity contribution in [3.05, 3.63) is 119 Å². The van der Waals surface area contributed by atoms with Crippen LogP contribution >= 0.6 is 0 Å². The third-order valence-electron chi connectivity index (χ3n) is 8.27. The van der Waals surface area contributed by atoms with Crippen LogP contribution in [0, 0.1) is 27.7 Å². The number of nitrogens with zero attached hydrogens (tertiary/aromatic N) is 2. The molecule has 206 valence electrons. The fourth-order valence-corrected chi connectivity index (χ4v) is 6.98. The van der Waals surface area contributed by atoms with Gasteiger partial charge >= 0.3 is 0 Å². The van der Waals surface area contributed by atoms with Crippen molar-refractivity contribution in [3.63, 3.8) is 0 Å². The Morgan fingerprint density at radius 2 is 0.829 bits per heavy atom. The summed E-state index contributed by atoms with van der Waals surface area (Å²) in [4.78, 5) is 0. The summed E-state index contributed by atoms with van der Waals surface area (Å²) in [6.07, 6.45) is 0. The number of hydrogen-bond acceptors (Lipinski definition) is 0. The smallest absolute Gasteiger partial charge is 0.0599 e. The van der Waals surface area contributed by atoms with Crippen LogP contribution in [0.25, 0.3) is 55.0 Å². The number of para-hydroxylation sites is 2. The number of aromatic nitrogens is 2. The van der Waals surface area contributed by atoms with Crippen LogP contribution in [0.3, 0.4) is 0 Å². The molecule has 0 aliphatic carbocycles. The van der Waals surface area contributed by atoms with Gasteiger partial charge in [-0.2, -0.15) is 0 Å². The Labute approximate surface area is 243 Å². The van der Waals surface area contributed by atoms with Crippen molar-refractivity contribution >= 4 is 43.6 Å². The van der Waals surface area contributed by atoms with Gasteiger partial charge in [0.25, 0.3) is 0 Å². The SMILES string of the molecule is C.Cc1cc(C)cc(-n2c3ccccc3c3cc4c5ccccc5n(-c5cc(C)cc(C)c5)c4c(C(C)(C)C)c32)c1. The maximum Gasteiger partial charge on any atom is 0.0599 e. The van der Waals surface area contributed by atoms with E-state index >= 15 is 0 Å². The Balaban J connectivity index is 0.00000302. The van der Waals surface area contributed by atoms with Gasteiger partial charge in [0, 0.05) is 38.5 Å². The summed E-state index contributed by atoms with van der Waals surface area (Å²) >= 11 is 0. The zero-order chi connectivity index (χ0) is 27.9. The zero-order valence-corrected chi connectivity index (χ0v) is 24.6. The van der Waals surface area contributed by atoms with E-state index in [1.165, 1.54) is 82.8 Å². The molecule has 0 radical (unpaired) electrons. The maximum atomic E-state index is 2.52. The van der Waals surface area contributed by atoms with Crippen LogP contribution in [0.4, 0.5) is 0 Å². The van der Waals surface area contributed by atoms with Gasteiger partial charge in [0.15, 0.2) is 0 Å². The Kier molecular flexibility index (Phi) is 6.15. The van der Waals surface area contributed by atoms with E-state index in [1.807, 2.05) is 0 Å². The van der Waals surface area contributed by atoms with Crippen molar-refractivity contribution in [2.75, 3.05) is 0 Å². The molecule has 0 aliphatic heterocycles. The van der Waals surface area contributed by atoms with Crippen LogP contribution in [-0.2, 0) is 5.41 Å². The van der Waals surface area contributed by atoms with Crippen molar-refractivity contribution in [1.82, 2.24) is 9.13 Å². The summed E-state index contributed by atoms with van der Waals surface area (Å²) in [5.41, 5.74) is 14.0. The van der Waals surface area contributed by atoms with Crippen molar-refractivity contribution in [2.45, 2.75) is 61.3 Å². The molecule has 0 spiro atoms. The second-order valence-electron chi connectivity index (χ2n) is 12.7. The van der Waals surface area contributed by atoms with Gasteiger partial charge in [-0.3, -0.25) is 0 Å². The van der Waals surface area contributed by atoms with Crippen molar-refractivity contribution < 1.29 is 0 Å². The van der Waals surface area contributed by atoms with Crippen LogP contribution in [-0.4, -0.2) is 9.13 Å². The minimum absolute atomic E-state index is 0. The molecule has 0 saturated heterocycles. The lowest BCUT2D eigenvalue weighted by Gasteiger charge is -2.25. The van der Waals surface area contributed by atoms with Gasteiger partial charge in [-0.15, -0.1) is 0 Å². The summed E-state index contributed by atoms with van der Waals surface area (Å²) in [7, 11) is 0. The lowest BCUT2D eigenvalue weighted by atomic mass is 9.83. The summed E-state index contributed by atoms with van der Waals surface area (Å²) < 4.78 is 5.04. The average molecular weight is 537 g/mol. The summed E-state index contributed by atoms with van der Waals surface area (Å²) in [5, 5.41) is 5.23. The van der Waals surface area contributed by atoms with E-state index in [4.69, 9.17) is 0 Å². The minimum Gasteiger partial charge on any atom is -0.309 e. The van der Waals surface area contributed by atoms with Crippen molar-refractivity contribution in [2.24, 2.45) is 0 Å². The van der Waals surface area contributed by atoms with E-state index in [9.17, 15) is 0 Å². The average Bonchev–Trinajstić information content (AvgIpc) is 3.38. The number of benzene rings is 5. The molecule has 0 saturated carbocycles. The molecule has 2 heteroatoms. The first kappa shape index (κ1) is 26.9. The second kappa shape index (κ2) is 9.38. The van der Waals surface area contributed by atoms with E-state index < -0.39 is 0 Å². The molecular weight excluding hydrogens is 496 g/mol. The van der Waals surface area contributed by atoms with Gasteiger partial charge in [-0.1, -0.05) is 76.7 Å². The van der Waals surface area contributed by atoms with Crippen LogP contribution in [0.1, 0.15) is 56.0 Å². The molecule has 2 heterocycles. The molecular formula is C39H40N2. The summed E-state index contributed by atoms with van der Waals surface area (Å²) in [5.74, 6) is 0. The fourth-order valence-electron chi connectivity index (χ4n) is 6.98. The Bertz CT molecular complexity index is 1940. The van der Waals surface area contributed by atoms with E-state index in [2.05, 4.69) is 149 Å². The van der Waals surface area contributed by atoms with E-state index in [0.717, 1.165) is 0 Å². The second-order valence-corrected chi connectivity index (χ2v) is 12.7. The predicted molar refractivity (Wildman–Crippen MR) is 179 cm³/mol. The van der Waals surface area contributed by atoms with Crippen LogP contribution in [0.15, 0.2) is 91.0 Å². The van der Waals surface area contributed by atoms with Gasteiger partial charge in [0.05, 0.1) is 22.1 Å². The quantitative estimate of drug-likeness (QED) is 0.208. The van der Waals surface area contributed by atoms with Crippen molar-refractivity contribution in [1.29, 1.82) is 0 Å². The van der Waals surface area contributed by atoms with Gasteiger partial charge in [-0.05, 0) is 97.8 Å². The molecule has 41 heavy (non-hydrogen) atoms. The minimum atomic E-state index is -0.117. The molecule has 0 unspecified atom stereocenters. The normalized spacial score (nSPS) is 12.1. The highest BCUT2D eigenvalue weighted by atomic mass is 15.0. The lowest BCUT2D eigenvalue weighted by molar-refractivity contribution is 0.597. The van der Waals surface area contributed by atoms with Crippen LogP contribution < -0.4 is 0 Å². The first-order chi connectivity index (χ1) is 19.1. The highest BCUT2D eigenvalue weighted by molar-refractivity contribution is 6.21. The number of fused-ring (bicyclic) bond motifs is 6. The lowest BCUT2D eigenvalue weighted by Crippen LogP contribution is -2.16. The summed E-state index contributed by atoms with van der Waals surface area (Å²) in [6, 6.07) is 34.1. The van der Waals surface area contributed by atoms with Crippen molar-refractivity contribution in [3.8, 4) is 11.4 Å². The van der Waals surface area contributed by atoms with Gasteiger partial charge < -0.3 is 9.13 Å². The molecule has 0 aliphatic rings. The van der Waals surface area contributed by atoms with Gasteiger partial charge in [-0.25, -0.2) is 0 Å². The first-order valence-corrected chi connectivity index (χ1v) is 14.3. The Morgan fingerprint density at radius 3 is 1.20 bits per heavy atom. The van der Waals surface area contributed by atoms with Gasteiger partial charge in [0.2, 0.25) is 0 Å². The van der Waals surface area contributed by atoms with E-state index in [-0.39, 0.29) is 12.8 Å². The molecule has 0 bridgehead atoms.